The van der Waals surface area contributed by atoms with E-state index in [1.165, 1.54) is 25.3 Å². The van der Waals surface area contributed by atoms with E-state index >= 15 is 0 Å². The Balaban J connectivity index is 1.34. The maximum Gasteiger partial charge on any atom is 0.223 e. The molecule has 1 aromatic rings. The van der Waals surface area contributed by atoms with Gasteiger partial charge in [0.05, 0.1) is 29.5 Å². The third kappa shape index (κ3) is 4.00. The number of anilines is 1. The minimum absolute atomic E-state index is 0.0262. The van der Waals surface area contributed by atoms with E-state index in [1.807, 2.05) is 11.0 Å². The molecular weight excluding hydrogens is 357 g/mol. The van der Waals surface area contributed by atoms with Crippen LogP contribution in [-0.2, 0) is 9.53 Å². The van der Waals surface area contributed by atoms with Crippen LogP contribution in [0.25, 0.3) is 0 Å². The average molecular weight is 385 g/mol. The molecule has 1 N–H and O–H groups in total. The second kappa shape index (κ2) is 8.48. The molecule has 1 aliphatic carbocycles. The molecule has 0 radical (unpaired) electrons. The highest BCUT2D eigenvalue weighted by Crippen LogP contribution is 2.35. The normalized spacial score (nSPS) is 24.4. The number of nitrogens with zero attached hydrogens (tertiary/aromatic N) is 2. The molecule has 0 aromatic heterocycles. The Morgan fingerprint density at radius 3 is 2.57 bits per heavy atom. The lowest BCUT2D eigenvalue weighted by molar-refractivity contribution is -0.128. The van der Waals surface area contributed by atoms with Crippen molar-refractivity contribution in [3.63, 3.8) is 0 Å². The number of benzene rings is 1. The van der Waals surface area contributed by atoms with Crippen molar-refractivity contribution in [1.82, 2.24) is 5.32 Å². The van der Waals surface area contributed by atoms with E-state index in [-0.39, 0.29) is 29.8 Å². The van der Waals surface area contributed by atoms with Crippen molar-refractivity contribution < 1.29 is 13.9 Å². The van der Waals surface area contributed by atoms with Crippen molar-refractivity contribution in [3.8, 4) is 6.07 Å². The number of amides is 1. The summed E-state index contributed by atoms with van der Waals surface area (Å²) in [6.07, 6.45) is 7.33. The SMILES string of the molecule is N#Cc1ccc(N2CCC(C(=O)NC(C3CCC3)C3CCCO3)CC2)c(F)c1. The molecule has 0 spiro atoms. The Bertz CT molecular complexity index is 745. The molecule has 2 aliphatic heterocycles. The lowest BCUT2D eigenvalue weighted by Gasteiger charge is -2.39. The van der Waals surface area contributed by atoms with Crippen LogP contribution in [0.15, 0.2) is 18.2 Å². The third-order valence-electron chi connectivity index (χ3n) is 6.62. The summed E-state index contributed by atoms with van der Waals surface area (Å²) in [6.45, 7) is 2.10. The molecule has 2 unspecified atom stereocenters. The van der Waals surface area contributed by atoms with Crippen molar-refractivity contribution in [3.05, 3.63) is 29.6 Å². The zero-order valence-electron chi connectivity index (χ0n) is 16.2. The third-order valence-corrected chi connectivity index (χ3v) is 6.62. The smallest absolute Gasteiger partial charge is 0.223 e. The van der Waals surface area contributed by atoms with E-state index < -0.39 is 0 Å². The van der Waals surface area contributed by atoms with Crippen LogP contribution in [0.4, 0.5) is 10.1 Å². The summed E-state index contributed by atoms with van der Waals surface area (Å²) in [5, 5.41) is 12.2. The van der Waals surface area contributed by atoms with E-state index in [4.69, 9.17) is 10.00 Å². The average Bonchev–Trinajstić information content (AvgIpc) is 3.20. The highest BCUT2D eigenvalue weighted by molar-refractivity contribution is 5.79. The topological polar surface area (TPSA) is 65.4 Å². The molecule has 2 atom stereocenters. The number of halogens is 1. The maximum atomic E-state index is 14.3. The molecule has 6 heteroatoms. The van der Waals surface area contributed by atoms with Gasteiger partial charge in [-0.2, -0.15) is 5.26 Å². The fourth-order valence-corrected chi connectivity index (χ4v) is 4.70. The van der Waals surface area contributed by atoms with Gasteiger partial charge in [0.2, 0.25) is 5.91 Å². The quantitative estimate of drug-likeness (QED) is 0.844. The molecular formula is C22H28FN3O2. The monoisotopic (exact) mass is 385 g/mol. The standard InChI is InChI=1S/C22H28FN3O2/c23-18-13-15(14-24)6-7-19(18)26-10-8-17(9-11-26)22(27)25-21(16-3-1-4-16)20-5-2-12-28-20/h6-7,13,16-17,20-21H,1-5,8-12H2,(H,25,27). The van der Waals surface area contributed by atoms with Crippen molar-refractivity contribution >= 4 is 11.6 Å². The van der Waals surface area contributed by atoms with Gasteiger partial charge in [-0.05, 0) is 62.6 Å². The van der Waals surface area contributed by atoms with Gasteiger partial charge in [-0.25, -0.2) is 4.39 Å². The van der Waals surface area contributed by atoms with Gasteiger partial charge >= 0.3 is 0 Å². The van der Waals surface area contributed by atoms with Crippen LogP contribution in [0, 0.1) is 29.0 Å². The lowest BCUT2D eigenvalue weighted by Crippen LogP contribution is -2.52. The van der Waals surface area contributed by atoms with Crippen LogP contribution in [-0.4, -0.2) is 37.7 Å². The Morgan fingerprint density at radius 1 is 1.21 bits per heavy atom. The number of rotatable bonds is 5. The molecule has 3 fully saturated rings. The molecule has 2 heterocycles. The van der Waals surface area contributed by atoms with Crippen LogP contribution in [0.5, 0.6) is 0 Å². The van der Waals surface area contributed by atoms with Gasteiger partial charge in [0.1, 0.15) is 5.82 Å². The first-order valence-electron chi connectivity index (χ1n) is 10.5. The Morgan fingerprint density at radius 2 is 2.00 bits per heavy atom. The van der Waals surface area contributed by atoms with Crippen molar-refractivity contribution in [1.29, 1.82) is 5.26 Å². The first kappa shape index (κ1) is 19.2. The predicted octanol–water partition coefficient (Wildman–Crippen LogP) is 3.38. The van der Waals surface area contributed by atoms with Crippen LogP contribution < -0.4 is 10.2 Å². The number of carbonyl (C=O) groups excluding carboxylic acids is 1. The van der Waals surface area contributed by atoms with Crippen molar-refractivity contribution in [2.45, 2.75) is 57.1 Å². The lowest BCUT2D eigenvalue weighted by atomic mass is 9.77. The number of nitrogens with one attached hydrogen (secondary N) is 1. The van der Waals surface area contributed by atoms with Crippen molar-refractivity contribution in [2.24, 2.45) is 11.8 Å². The summed E-state index contributed by atoms with van der Waals surface area (Å²) in [6, 6.07) is 6.69. The fraction of sp³-hybridized carbons (Fsp3) is 0.636. The van der Waals surface area contributed by atoms with Gasteiger partial charge in [-0.15, -0.1) is 0 Å². The van der Waals surface area contributed by atoms with E-state index in [2.05, 4.69) is 5.32 Å². The largest absolute Gasteiger partial charge is 0.376 e. The molecule has 150 valence electrons. The number of carbonyl (C=O) groups is 1. The molecule has 28 heavy (non-hydrogen) atoms. The first-order chi connectivity index (χ1) is 13.7. The minimum atomic E-state index is -0.370. The summed E-state index contributed by atoms with van der Waals surface area (Å²) in [5.74, 6) is 0.291. The molecule has 1 amide bonds. The van der Waals surface area contributed by atoms with E-state index in [1.54, 1.807) is 12.1 Å². The van der Waals surface area contributed by atoms with Gasteiger partial charge in [0, 0.05) is 25.6 Å². The molecule has 0 bridgehead atoms. The molecule has 5 nitrogen and oxygen atoms in total. The first-order valence-corrected chi connectivity index (χ1v) is 10.5. The molecule has 3 aliphatic rings. The van der Waals surface area contributed by atoms with Crippen molar-refractivity contribution in [2.75, 3.05) is 24.6 Å². The second-order valence-electron chi connectivity index (χ2n) is 8.32. The second-order valence-corrected chi connectivity index (χ2v) is 8.32. The van der Waals surface area contributed by atoms with Gasteiger partial charge in [0.15, 0.2) is 0 Å². The predicted molar refractivity (Wildman–Crippen MR) is 104 cm³/mol. The number of hydrogen-bond donors (Lipinski definition) is 1. The summed E-state index contributed by atoms with van der Waals surface area (Å²) < 4.78 is 20.1. The highest BCUT2D eigenvalue weighted by Gasteiger charge is 2.38. The van der Waals surface area contributed by atoms with Gasteiger partial charge in [-0.3, -0.25) is 4.79 Å². The Hall–Kier alpha value is -2.13. The van der Waals surface area contributed by atoms with E-state index in [0.717, 1.165) is 19.4 Å². The zero-order valence-corrected chi connectivity index (χ0v) is 16.2. The van der Waals surface area contributed by atoms with Gasteiger partial charge in [0.25, 0.3) is 0 Å². The number of hydrogen-bond acceptors (Lipinski definition) is 4. The van der Waals surface area contributed by atoms with E-state index in [0.29, 0.717) is 43.1 Å². The highest BCUT2D eigenvalue weighted by atomic mass is 19.1. The van der Waals surface area contributed by atoms with Crippen LogP contribution in [0.1, 0.15) is 50.5 Å². The maximum absolute atomic E-state index is 14.3. The Kier molecular flexibility index (Phi) is 5.82. The summed E-state index contributed by atoms with van der Waals surface area (Å²) >= 11 is 0. The number of ether oxygens (including phenoxy) is 1. The molecule has 1 aromatic carbocycles. The van der Waals surface area contributed by atoms with E-state index in [9.17, 15) is 9.18 Å². The van der Waals surface area contributed by atoms with Gasteiger partial charge < -0.3 is 15.0 Å². The summed E-state index contributed by atoms with van der Waals surface area (Å²) in [5.41, 5.74) is 0.844. The van der Waals surface area contributed by atoms with Gasteiger partial charge in [-0.1, -0.05) is 6.42 Å². The number of nitriles is 1. The summed E-state index contributed by atoms with van der Waals surface area (Å²) in [4.78, 5) is 14.9. The Labute approximate surface area is 165 Å². The molecule has 1 saturated carbocycles. The minimum Gasteiger partial charge on any atom is -0.376 e. The van der Waals surface area contributed by atoms with Crippen LogP contribution in [0.2, 0.25) is 0 Å². The summed E-state index contributed by atoms with van der Waals surface area (Å²) in [7, 11) is 0. The molecule has 2 saturated heterocycles. The number of piperidine rings is 1. The van der Waals surface area contributed by atoms with Crippen LogP contribution >= 0.6 is 0 Å². The zero-order chi connectivity index (χ0) is 19.5. The fourth-order valence-electron chi connectivity index (χ4n) is 4.70. The van der Waals surface area contributed by atoms with Crippen LogP contribution in [0.3, 0.4) is 0 Å². The molecule has 4 rings (SSSR count).